The molecule has 2 aromatic rings. The van der Waals surface area contributed by atoms with Gasteiger partial charge in [-0.25, -0.2) is 9.97 Å². The van der Waals surface area contributed by atoms with Crippen LogP contribution in [0.2, 0.25) is 0 Å². The Kier molecular flexibility index (Phi) is 4.60. The lowest BCUT2D eigenvalue weighted by Crippen LogP contribution is -2.52. The molecule has 7 heteroatoms. The van der Waals surface area contributed by atoms with Gasteiger partial charge in [0, 0.05) is 38.6 Å². The summed E-state index contributed by atoms with van der Waals surface area (Å²) in [7, 11) is 1.64. The standard InChI is InChI=1S/C19H22N4O3/c1-25-16-3-4-17-14(12-16)11-15(13-26-17)18(24)22-7-9-23(10-8-22)19-20-5-2-6-21-19/h2-6,12,15H,7-11,13H2,1H3/t15-/m1/s1. The number of nitrogens with zero attached hydrogens (tertiary/aromatic N) is 4. The maximum absolute atomic E-state index is 12.9. The van der Waals surface area contributed by atoms with Gasteiger partial charge in [0.05, 0.1) is 13.0 Å². The summed E-state index contributed by atoms with van der Waals surface area (Å²) in [4.78, 5) is 25.5. The molecule has 1 atom stereocenters. The van der Waals surface area contributed by atoms with Crippen molar-refractivity contribution in [2.24, 2.45) is 5.92 Å². The van der Waals surface area contributed by atoms with Gasteiger partial charge in [0.1, 0.15) is 18.1 Å². The van der Waals surface area contributed by atoms with Crippen molar-refractivity contribution in [3.05, 3.63) is 42.2 Å². The van der Waals surface area contributed by atoms with Gasteiger partial charge in [-0.2, -0.15) is 0 Å². The highest BCUT2D eigenvalue weighted by atomic mass is 16.5. The summed E-state index contributed by atoms with van der Waals surface area (Å²) in [5, 5.41) is 0. The van der Waals surface area contributed by atoms with E-state index in [0.29, 0.717) is 26.1 Å². The molecule has 26 heavy (non-hydrogen) atoms. The van der Waals surface area contributed by atoms with Crippen LogP contribution in [0.5, 0.6) is 11.5 Å². The Morgan fingerprint density at radius 1 is 1.19 bits per heavy atom. The van der Waals surface area contributed by atoms with Crippen LogP contribution in [0, 0.1) is 5.92 Å². The lowest BCUT2D eigenvalue weighted by molar-refractivity contribution is -0.137. The third-order valence-corrected chi connectivity index (χ3v) is 4.95. The minimum absolute atomic E-state index is 0.144. The summed E-state index contributed by atoms with van der Waals surface area (Å²) in [5.74, 6) is 2.38. The van der Waals surface area contributed by atoms with Gasteiger partial charge in [-0.1, -0.05) is 0 Å². The Balaban J connectivity index is 1.38. The molecule has 1 aromatic carbocycles. The molecule has 0 bridgehead atoms. The molecule has 2 aliphatic rings. The van der Waals surface area contributed by atoms with Crippen molar-refractivity contribution in [1.82, 2.24) is 14.9 Å². The zero-order chi connectivity index (χ0) is 17.9. The number of hydrogen-bond donors (Lipinski definition) is 0. The van der Waals surface area contributed by atoms with Crippen LogP contribution < -0.4 is 14.4 Å². The largest absolute Gasteiger partial charge is 0.497 e. The Morgan fingerprint density at radius 2 is 1.96 bits per heavy atom. The molecule has 136 valence electrons. The highest BCUT2D eigenvalue weighted by Gasteiger charge is 2.31. The van der Waals surface area contributed by atoms with Crippen LogP contribution in [0.25, 0.3) is 0 Å². The first kappa shape index (κ1) is 16.6. The third-order valence-electron chi connectivity index (χ3n) is 4.95. The fourth-order valence-electron chi connectivity index (χ4n) is 3.50. The van der Waals surface area contributed by atoms with Crippen LogP contribution in [0.1, 0.15) is 5.56 Å². The van der Waals surface area contributed by atoms with Gasteiger partial charge < -0.3 is 19.3 Å². The van der Waals surface area contributed by atoms with Crippen LogP contribution in [0.15, 0.2) is 36.7 Å². The summed E-state index contributed by atoms with van der Waals surface area (Å²) in [6.45, 7) is 3.28. The molecule has 0 saturated carbocycles. The zero-order valence-corrected chi connectivity index (χ0v) is 14.8. The number of aromatic nitrogens is 2. The molecule has 2 aliphatic heterocycles. The zero-order valence-electron chi connectivity index (χ0n) is 14.8. The second-order valence-corrected chi connectivity index (χ2v) is 6.55. The highest BCUT2D eigenvalue weighted by Crippen LogP contribution is 2.31. The number of fused-ring (bicyclic) bond motifs is 1. The molecule has 1 saturated heterocycles. The van der Waals surface area contributed by atoms with E-state index in [9.17, 15) is 4.79 Å². The molecule has 7 nitrogen and oxygen atoms in total. The Bertz CT molecular complexity index is 776. The van der Waals surface area contributed by atoms with E-state index in [2.05, 4.69) is 14.9 Å². The van der Waals surface area contributed by atoms with E-state index in [-0.39, 0.29) is 11.8 Å². The van der Waals surface area contributed by atoms with Crippen LogP contribution in [0.3, 0.4) is 0 Å². The van der Waals surface area contributed by atoms with Crippen LogP contribution >= 0.6 is 0 Å². The van der Waals surface area contributed by atoms with Gasteiger partial charge >= 0.3 is 0 Å². The lowest BCUT2D eigenvalue weighted by Gasteiger charge is -2.37. The first-order valence-electron chi connectivity index (χ1n) is 8.85. The Morgan fingerprint density at radius 3 is 2.69 bits per heavy atom. The predicted molar refractivity (Wildman–Crippen MR) is 96.5 cm³/mol. The van der Waals surface area contributed by atoms with E-state index in [4.69, 9.17) is 9.47 Å². The predicted octanol–water partition coefficient (Wildman–Crippen LogP) is 1.39. The van der Waals surface area contributed by atoms with Crippen molar-refractivity contribution < 1.29 is 14.3 Å². The number of ether oxygens (including phenoxy) is 2. The van der Waals surface area contributed by atoms with Crippen molar-refractivity contribution in [1.29, 1.82) is 0 Å². The van der Waals surface area contributed by atoms with E-state index < -0.39 is 0 Å². The molecule has 3 heterocycles. The minimum Gasteiger partial charge on any atom is -0.497 e. The number of anilines is 1. The molecule has 1 amide bonds. The van der Waals surface area contributed by atoms with E-state index in [0.717, 1.165) is 36.1 Å². The van der Waals surface area contributed by atoms with Crippen molar-refractivity contribution in [2.45, 2.75) is 6.42 Å². The normalized spacial score (nSPS) is 19.5. The van der Waals surface area contributed by atoms with Crippen molar-refractivity contribution in [3.8, 4) is 11.5 Å². The number of hydrogen-bond acceptors (Lipinski definition) is 6. The fourth-order valence-corrected chi connectivity index (χ4v) is 3.50. The van der Waals surface area contributed by atoms with Crippen LogP contribution in [0.4, 0.5) is 5.95 Å². The van der Waals surface area contributed by atoms with E-state index in [1.807, 2.05) is 23.1 Å². The first-order chi connectivity index (χ1) is 12.7. The Hall–Kier alpha value is -2.83. The molecule has 0 unspecified atom stereocenters. The van der Waals surface area contributed by atoms with Crippen molar-refractivity contribution in [2.75, 3.05) is 44.8 Å². The monoisotopic (exact) mass is 354 g/mol. The summed E-state index contributed by atoms with van der Waals surface area (Å²) in [6.07, 6.45) is 4.17. The average molecular weight is 354 g/mol. The Labute approximate surface area is 152 Å². The third kappa shape index (κ3) is 3.29. The molecule has 1 aromatic heterocycles. The van der Waals surface area contributed by atoms with Gasteiger partial charge in [-0.05, 0) is 36.2 Å². The topological polar surface area (TPSA) is 67.8 Å². The number of carbonyl (C=O) groups excluding carboxylic acids is 1. The molecule has 4 rings (SSSR count). The average Bonchev–Trinajstić information content (AvgIpc) is 2.73. The van der Waals surface area contributed by atoms with E-state index in [1.165, 1.54) is 0 Å². The summed E-state index contributed by atoms with van der Waals surface area (Å²) in [5.41, 5.74) is 1.03. The molecule has 0 radical (unpaired) electrons. The fraction of sp³-hybridized carbons (Fsp3) is 0.421. The van der Waals surface area contributed by atoms with E-state index in [1.54, 1.807) is 25.6 Å². The molecule has 0 N–H and O–H groups in total. The van der Waals surface area contributed by atoms with Gasteiger partial charge in [0.2, 0.25) is 11.9 Å². The first-order valence-corrected chi connectivity index (χ1v) is 8.85. The van der Waals surface area contributed by atoms with Crippen molar-refractivity contribution >= 4 is 11.9 Å². The number of methoxy groups -OCH3 is 1. The number of carbonyl (C=O) groups is 1. The van der Waals surface area contributed by atoms with Gasteiger partial charge in [-0.15, -0.1) is 0 Å². The maximum Gasteiger partial charge on any atom is 0.229 e. The smallest absolute Gasteiger partial charge is 0.229 e. The van der Waals surface area contributed by atoms with Gasteiger partial charge in [-0.3, -0.25) is 4.79 Å². The summed E-state index contributed by atoms with van der Waals surface area (Å²) >= 11 is 0. The highest BCUT2D eigenvalue weighted by molar-refractivity contribution is 5.80. The SMILES string of the molecule is COc1ccc2c(c1)C[C@@H](C(=O)N1CCN(c3ncccn3)CC1)CO2. The van der Waals surface area contributed by atoms with Gasteiger partial charge in [0.25, 0.3) is 0 Å². The summed E-state index contributed by atoms with van der Waals surface area (Å²) < 4.78 is 11.1. The van der Waals surface area contributed by atoms with E-state index >= 15 is 0 Å². The second-order valence-electron chi connectivity index (χ2n) is 6.55. The van der Waals surface area contributed by atoms with Crippen LogP contribution in [-0.4, -0.2) is 60.7 Å². The maximum atomic E-state index is 12.9. The van der Waals surface area contributed by atoms with Crippen LogP contribution in [-0.2, 0) is 11.2 Å². The lowest BCUT2D eigenvalue weighted by atomic mass is 9.95. The quantitative estimate of drug-likeness (QED) is 0.830. The van der Waals surface area contributed by atoms with Gasteiger partial charge in [0.15, 0.2) is 0 Å². The van der Waals surface area contributed by atoms with Crippen molar-refractivity contribution in [3.63, 3.8) is 0 Å². The number of rotatable bonds is 3. The molecule has 0 spiro atoms. The molecule has 1 fully saturated rings. The molecule has 0 aliphatic carbocycles. The minimum atomic E-state index is -0.144. The summed E-state index contributed by atoms with van der Waals surface area (Å²) in [6, 6.07) is 7.55. The number of piperazine rings is 1. The number of benzene rings is 1. The molecular weight excluding hydrogens is 332 g/mol. The second kappa shape index (κ2) is 7.19. The molecular formula is C19H22N4O3. The number of amides is 1.